The van der Waals surface area contributed by atoms with Crippen LogP contribution in [-0.2, 0) is 0 Å². The van der Waals surface area contributed by atoms with Crippen LogP contribution in [0.2, 0.25) is 0 Å². The zero-order chi connectivity index (χ0) is 5.56. The van der Waals surface area contributed by atoms with Crippen molar-refractivity contribution in [1.29, 1.82) is 0 Å². The van der Waals surface area contributed by atoms with Gasteiger partial charge in [0.1, 0.15) is 0 Å². The van der Waals surface area contributed by atoms with Crippen molar-refractivity contribution in [2.45, 2.75) is 25.3 Å². The summed E-state index contributed by atoms with van der Waals surface area (Å²) in [7, 11) is 0. The lowest BCUT2D eigenvalue weighted by Crippen LogP contribution is -2.16. The van der Waals surface area contributed by atoms with Crippen LogP contribution in [0, 0.1) is 5.92 Å². The summed E-state index contributed by atoms with van der Waals surface area (Å²) in [5.41, 5.74) is 7.32. The third kappa shape index (κ3) is 0.451. The maximum atomic E-state index is 5.68. The van der Waals surface area contributed by atoms with Gasteiger partial charge in [0.15, 0.2) is 0 Å². The molecule has 2 N–H and O–H groups in total. The van der Waals surface area contributed by atoms with E-state index in [2.05, 4.69) is 6.08 Å². The summed E-state index contributed by atoms with van der Waals surface area (Å²) in [5, 5.41) is 0. The van der Waals surface area contributed by atoms with E-state index in [1.807, 2.05) is 0 Å². The van der Waals surface area contributed by atoms with Crippen molar-refractivity contribution in [2.75, 3.05) is 0 Å². The van der Waals surface area contributed by atoms with E-state index in [1.165, 1.54) is 19.3 Å². The molecule has 0 aromatic carbocycles. The Labute approximate surface area is 49.6 Å². The van der Waals surface area contributed by atoms with Gasteiger partial charge in [0, 0.05) is 6.04 Å². The van der Waals surface area contributed by atoms with Crippen molar-refractivity contribution in [3.8, 4) is 0 Å². The molecule has 0 aliphatic heterocycles. The molecule has 2 aliphatic carbocycles. The predicted molar refractivity (Wildman–Crippen MR) is 33.4 cm³/mol. The molecule has 0 bridgehead atoms. The van der Waals surface area contributed by atoms with E-state index in [0.29, 0.717) is 6.04 Å². The molecule has 1 nitrogen and oxygen atoms in total. The summed E-state index contributed by atoms with van der Waals surface area (Å²) in [4.78, 5) is 0. The molecule has 2 unspecified atom stereocenters. The molecule has 1 heteroatoms. The highest BCUT2D eigenvalue weighted by atomic mass is 14.6. The second-order valence-corrected chi connectivity index (χ2v) is 2.88. The van der Waals surface area contributed by atoms with Crippen LogP contribution in [0.3, 0.4) is 0 Å². The smallest absolute Gasteiger partial charge is 0.0232 e. The van der Waals surface area contributed by atoms with Crippen molar-refractivity contribution in [1.82, 2.24) is 0 Å². The Bertz CT molecular complexity index is 137. The van der Waals surface area contributed by atoms with Crippen LogP contribution >= 0.6 is 0 Å². The standard InChI is InChI=1S/C7H11N/c8-7-3-5-1-2-6(5)4-7/h3,6-7H,1-2,4,8H2. The van der Waals surface area contributed by atoms with Gasteiger partial charge in [-0.25, -0.2) is 0 Å². The van der Waals surface area contributed by atoms with Crippen LogP contribution in [0.4, 0.5) is 0 Å². The quantitative estimate of drug-likeness (QED) is 0.462. The molecule has 2 rings (SSSR count). The van der Waals surface area contributed by atoms with E-state index in [-0.39, 0.29) is 0 Å². The normalized spacial score (nSPS) is 42.9. The molecular weight excluding hydrogens is 98.1 g/mol. The topological polar surface area (TPSA) is 26.0 Å². The monoisotopic (exact) mass is 109 g/mol. The highest BCUT2D eigenvalue weighted by molar-refractivity contribution is 5.23. The van der Waals surface area contributed by atoms with Crippen molar-refractivity contribution in [3.63, 3.8) is 0 Å². The van der Waals surface area contributed by atoms with E-state index in [0.717, 1.165) is 5.92 Å². The molecule has 8 heavy (non-hydrogen) atoms. The lowest BCUT2D eigenvalue weighted by molar-refractivity contribution is 0.437. The molecule has 0 amide bonds. The molecular formula is C7H11N. The summed E-state index contributed by atoms with van der Waals surface area (Å²) < 4.78 is 0. The van der Waals surface area contributed by atoms with Gasteiger partial charge in [0.25, 0.3) is 0 Å². The Morgan fingerprint density at radius 3 is 2.75 bits per heavy atom. The Hall–Kier alpha value is -0.300. The molecule has 0 saturated heterocycles. The first kappa shape index (κ1) is 4.57. The first-order valence-corrected chi connectivity index (χ1v) is 3.32. The highest BCUT2D eigenvalue weighted by Gasteiger charge is 2.30. The van der Waals surface area contributed by atoms with E-state index in [4.69, 9.17) is 5.73 Å². The van der Waals surface area contributed by atoms with Gasteiger partial charge < -0.3 is 5.73 Å². The van der Waals surface area contributed by atoms with Crippen LogP contribution in [0.15, 0.2) is 11.6 Å². The first-order chi connectivity index (χ1) is 3.86. The largest absolute Gasteiger partial charge is 0.324 e. The van der Waals surface area contributed by atoms with Crippen LogP contribution < -0.4 is 5.73 Å². The Kier molecular flexibility index (Phi) is 0.770. The van der Waals surface area contributed by atoms with Crippen molar-refractivity contribution in [3.05, 3.63) is 11.6 Å². The molecule has 44 valence electrons. The summed E-state index contributed by atoms with van der Waals surface area (Å²) in [6, 6.07) is 0.400. The van der Waals surface area contributed by atoms with Gasteiger partial charge in [0.2, 0.25) is 0 Å². The predicted octanol–water partition coefficient (Wildman–Crippen LogP) is 1.05. The average molecular weight is 109 g/mol. The van der Waals surface area contributed by atoms with E-state index in [9.17, 15) is 0 Å². The number of hydrogen-bond acceptors (Lipinski definition) is 1. The molecule has 0 radical (unpaired) electrons. The molecule has 0 aromatic heterocycles. The van der Waals surface area contributed by atoms with Gasteiger partial charge in [-0.2, -0.15) is 0 Å². The maximum absolute atomic E-state index is 5.68. The van der Waals surface area contributed by atoms with Gasteiger partial charge in [0.05, 0.1) is 0 Å². The van der Waals surface area contributed by atoms with E-state index >= 15 is 0 Å². The summed E-state index contributed by atoms with van der Waals surface area (Å²) in [5.74, 6) is 0.907. The van der Waals surface area contributed by atoms with Gasteiger partial charge in [-0.3, -0.25) is 0 Å². The average Bonchev–Trinajstić information content (AvgIpc) is 1.91. The van der Waals surface area contributed by atoms with Gasteiger partial charge >= 0.3 is 0 Å². The van der Waals surface area contributed by atoms with Crippen molar-refractivity contribution < 1.29 is 0 Å². The molecule has 0 aromatic rings. The fraction of sp³-hybridized carbons (Fsp3) is 0.714. The zero-order valence-electron chi connectivity index (χ0n) is 4.93. The summed E-state index contributed by atoms with van der Waals surface area (Å²) >= 11 is 0. The summed E-state index contributed by atoms with van der Waals surface area (Å²) in [6.45, 7) is 0. The fourth-order valence-electron chi connectivity index (χ4n) is 1.68. The SMILES string of the molecule is NC1C=C2CCC2C1. The van der Waals surface area contributed by atoms with Crippen LogP contribution in [-0.4, -0.2) is 6.04 Å². The van der Waals surface area contributed by atoms with Crippen LogP contribution in [0.1, 0.15) is 19.3 Å². The third-order valence-corrected chi connectivity index (χ3v) is 2.29. The number of rotatable bonds is 0. The minimum atomic E-state index is 0.400. The first-order valence-electron chi connectivity index (χ1n) is 3.32. The minimum Gasteiger partial charge on any atom is -0.324 e. The second kappa shape index (κ2) is 1.35. The molecule has 2 atom stereocenters. The summed E-state index contributed by atoms with van der Waals surface area (Å²) in [6.07, 6.45) is 6.21. The van der Waals surface area contributed by atoms with Gasteiger partial charge in [-0.05, 0) is 25.2 Å². The van der Waals surface area contributed by atoms with Crippen LogP contribution in [0.25, 0.3) is 0 Å². The highest BCUT2D eigenvalue weighted by Crippen LogP contribution is 2.41. The molecule has 0 spiro atoms. The zero-order valence-corrected chi connectivity index (χ0v) is 4.93. The van der Waals surface area contributed by atoms with Gasteiger partial charge in [-0.1, -0.05) is 11.6 Å². The Morgan fingerprint density at radius 1 is 1.62 bits per heavy atom. The van der Waals surface area contributed by atoms with Gasteiger partial charge in [-0.15, -0.1) is 0 Å². The van der Waals surface area contributed by atoms with Crippen molar-refractivity contribution >= 4 is 0 Å². The van der Waals surface area contributed by atoms with E-state index in [1.54, 1.807) is 5.57 Å². The fourth-order valence-corrected chi connectivity index (χ4v) is 1.68. The molecule has 1 saturated carbocycles. The molecule has 2 aliphatic rings. The molecule has 1 fully saturated rings. The lowest BCUT2D eigenvalue weighted by atomic mass is 9.82. The number of hydrogen-bond donors (Lipinski definition) is 1. The number of nitrogens with two attached hydrogens (primary N) is 1. The Balaban J connectivity index is 2.17. The van der Waals surface area contributed by atoms with Crippen LogP contribution in [0.5, 0.6) is 0 Å². The number of fused-ring (bicyclic) bond motifs is 1. The second-order valence-electron chi connectivity index (χ2n) is 2.88. The number of allylic oxidation sites excluding steroid dienone is 1. The minimum absolute atomic E-state index is 0.400. The van der Waals surface area contributed by atoms with E-state index < -0.39 is 0 Å². The lowest BCUT2D eigenvalue weighted by Gasteiger charge is -2.24. The molecule has 0 heterocycles. The van der Waals surface area contributed by atoms with Crippen molar-refractivity contribution in [2.24, 2.45) is 11.7 Å². The maximum Gasteiger partial charge on any atom is 0.0232 e. The third-order valence-electron chi connectivity index (χ3n) is 2.29. The Morgan fingerprint density at radius 2 is 2.50 bits per heavy atom.